The maximum atomic E-state index is 12.4. The van der Waals surface area contributed by atoms with Crippen molar-refractivity contribution in [2.75, 3.05) is 0 Å². The Morgan fingerprint density at radius 3 is 2.37 bits per heavy atom. The Hall–Kier alpha value is -2.18. The topological polar surface area (TPSA) is 64.6 Å². The van der Waals surface area contributed by atoms with Crippen molar-refractivity contribution in [3.63, 3.8) is 0 Å². The smallest absolute Gasteiger partial charge is 0.387 e. The summed E-state index contributed by atoms with van der Waals surface area (Å²) in [5, 5.41) is 2.97. The standard InChI is InChI=1S/C20H25F2NO4/c1-11(17-10-13-3-4-15(17)9-13)23-18(24)12(2)26-19(25)14-5-7-16(8-6-14)27-20(21)22/h5-8,11-13,15,17,20H,3-4,9-10H2,1-2H3,(H,23,24)/t11-,12-,13-,15-,17-/m1/s1. The second-order valence-corrected chi connectivity index (χ2v) is 7.59. The van der Waals surface area contributed by atoms with E-state index < -0.39 is 18.7 Å². The van der Waals surface area contributed by atoms with Gasteiger partial charge >= 0.3 is 12.6 Å². The third-order valence-electron chi connectivity index (χ3n) is 5.77. The second kappa shape index (κ2) is 8.23. The highest BCUT2D eigenvalue weighted by atomic mass is 19.3. The van der Waals surface area contributed by atoms with E-state index in [0.717, 1.165) is 12.3 Å². The summed E-state index contributed by atoms with van der Waals surface area (Å²) in [5.74, 6) is 0.930. The van der Waals surface area contributed by atoms with Crippen LogP contribution in [0.4, 0.5) is 8.78 Å². The number of nitrogens with one attached hydrogen (secondary N) is 1. The molecule has 0 radical (unpaired) electrons. The first-order valence-corrected chi connectivity index (χ1v) is 9.39. The fourth-order valence-electron chi connectivity index (χ4n) is 4.41. The second-order valence-electron chi connectivity index (χ2n) is 7.59. The third-order valence-corrected chi connectivity index (χ3v) is 5.77. The lowest BCUT2D eigenvalue weighted by Crippen LogP contribution is -2.45. The van der Waals surface area contributed by atoms with Crippen LogP contribution in [0.15, 0.2) is 24.3 Å². The maximum absolute atomic E-state index is 12.4. The number of alkyl halides is 2. The molecular weight excluding hydrogens is 356 g/mol. The van der Waals surface area contributed by atoms with E-state index in [2.05, 4.69) is 10.1 Å². The van der Waals surface area contributed by atoms with Crippen LogP contribution in [0.5, 0.6) is 5.75 Å². The van der Waals surface area contributed by atoms with E-state index in [4.69, 9.17) is 4.74 Å². The summed E-state index contributed by atoms with van der Waals surface area (Å²) in [6.45, 7) is 0.609. The average Bonchev–Trinajstić information content (AvgIpc) is 3.25. The van der Waals surface area contributed by atoms with Crippen LogP contribution < -0.4 is 10.1 Å². The lowest BCUT2D eigenvalue weighted by atomic mass is 9.84. The van der Waals surface area contributed by atoms with Crippen LogP contribution in [-0.2, 0) is 9.53 Å². The Balaban J connectivity index is 1.49. The van der Waals surface area contributed by atoms with Crippen LogP contribution in [0.2, 0.25) is 0 Å². The van der Waals surface area contributed by atoms with Crippen molar-refractivity contribution in [1.82, 2.24) is 5.32 Å². The summed E-state index contributed by atoms with van der Waals surface area (Å²) in [5.41, 5.74) is 0.164. The molecule has 1 aromatic rings. The van der Waals surface area contributed by atoms with Crippen molar-refractivity contribution in [1.29, 1.82) is 0 Å². The van der Waals surface area contributed by atoms with Gasteiger partial charge in [-0.3, -0.25) is 4.79 Å². The van der Waals surface area contributed by atoms with Crippen molar-refractivity contribution in [3.8, 4) is 5.75 Å². The minimum absolute atomic E-state index is 0.0490. The van der Waals surface area contributed by atoms with Crippen molar-refractivity contribution < 1.29 is 27.8 Å². The molecule has 5 nitrogen and oxygen atoms in total. The Morgan fingerprint density at radius 2 is 1.81 bits per heavy atom. The molecule has 0 saturated heterocycles. The van der Waals surface area contributed by atoms with Gasteiger partial charge < -0.3 is 14.8 Å². The van der Waals surface area contributed by atoms with Gasteiger partial charge in [0.1, 0.15) is 5.75 Å². The van der Waals surface area contributed by atoms with Gasteiger partial charge in [-0.15, -0.1) is 0 Å². The quantitative estimate of drug-likeness (QED) is 0.730. The number of ether oxygens (including phenoxy) is 2. The molecule has 2 aliphatic carbocycles. The summed E-state index contributed by atoms with van der Waals surface area (Å²) < 4.78 is 33.7. The molecule has 1 amide bonds. The molecule has 2 saturated carbocycles. The zero-order chi connectivity index (χ0) is 19.6. The summed E-state index contributed by atoms with van der Waals surface area (Å²) in [6.07, 6.45) is 4.03. The molecule has 1 N–H and O–H groups in total. The number of fused-ring (bicyclic) bond motifs is 2. The molecule has 2 bridgehead atoms. The van der Waals surface area contributed by atoms with Crippen molar-refractivity contribution in [2.24, 2.45) is 17.8 Å². The van der Waals surface area contributed by atoms with Gasteiger partial charge in [0.15, 0.2) is 6.10 Å². The first-order chi connectivity index (χ1) is 12.8. The van der Waals surface area contributed by atoms with Crippen LogP contribution >= 0.6 is 0 Å². The van der Waals surface area contributed by atoms with Gasteiger partial charge in [-0.2, -0.15) is 8.78 Å². The van der Waals surface area contributed by atoms with E-state index in [9.17, 15) is 18.4 Å². The molecule has 2 aliphatic rings. The summed E-state index contributed by atoms with van der Waals surface area (Å²) in [4.78, 5) is 24.5. The summed E-state index contributed by atoms with van der Waals surface area (Å²) in [6, 6.07) is 5.21. The summed E-state index contributed by atoms with van der Waals surface area (Å²) >= 11 is 0. The summed E-state index contributed by atoms with van der Waals surface area (Å²) in [7, 11) is 0. The zero-order valence-electron chi connectivity index (χ0n) is 15.5. The van der Waals surface area contributed by atoms with E-state index in [-0.39, 0.29) is 23.3 Å². The molecule has 2 fully saturated rings. The number of halogens is 2. The van der Waals surface area contributed by atoms with Crippen molar-refractivity contribution in [3.05, 3.63) is 29.8 Å². The first-order valence-electron chi connectivity index (χ1n) is 9.39. The number of benzene rings is 1. The molecule has 5 atom stereocenters. The molecular formula is C20H25F2NO4. The number of carbonyl (C=O) groups is 2. The van der Waals surface area contributed by atoms with Crippen LogP contribution in [-0.4, -0.2) is 30.6 Å². The number of amides is 1. The molecule has 148 valence electrons. The van der Waals surface area contributed by atoms with Gasteiger partial charge in [-0.05, 0) is 75.1 Å². The number of rotatable bonds is 7. The van der Waals surface area contributed by atoms with Gasteiger partial charge in [-0.25, -0.2) is 4.79 Å². The normalized spacial score (nSPS) is 25.9. The highest BCUT2D eigenvalue weighted by Gasteiger charge is 2.42. The predicted octanol–water partition coefficient (Wildman–Crippen LogP) is 3.77. The van der Waals surface area contributed by atoms with Gasteiger partial charge in [0.2, 0.25) is 0 Å². The fraction of sp³-hybridized carbons (Fsp3) is 0.600. The Labute approximate surface area is 157 Å². The molecule has 7 heteroatoms. The highest BCUT2D eigenvalue weighted by Crippen LogP contribution is 2.49. The van der Waals surface area contributed by atoms with Gasteiger partial charge in [0.05, 0.1) is 5.56 Å². The number of esters is 1. The Kier molecular flexibility index (Phi) is 5.97. The van der Waals surface area contributed by atoms with Crippen LogP contribution in [0.1, 0.15) is 49.9 Å². The van der Waals surface area contributed by atoms with E-state index in [1.165, 1.54) is 50.5 Å². The Morgan fingerprint density at radius 1 is 1.11 bits per heavy atom. The van der Waals surface area contributed by atoms with Gasteiger partial charge in [0.25, 0.3) is 5.91 Å². The number of hydrogen-bond donors (Lipinski definition) is 1. The molecule has 3 rings (SSSR count). The Bertz CT molecular complexity index is 679. The molecule has 1 aromatic carbocycles. The van der Waals surface area contributed by atoms with Crippen LogP contribution in [0.25, 0.3) is 0 Å². The molecule has 0 spiro atoms. The predicted molar refractivity (Wildman–Crippen MR) is 94.5 cm³/mol. The monoisotopic (exact) mass is 381 g/mol. The maximum Gasteiger partial charge on any atom is 0.387 e. The van der Waals surface area contributed by atoms with E-state index in [1.54, 1.807) is 0 Å². The minimum Gasteiger partial charge on any atom is -0.449 e. The van der Waals surface area contributed by atoms with Gasteiger partial charge in [-0.1, -0.05) is 6.42 Å². The molecule has 0 aromatic heterocycles. The van der Waals surface area contributed by atoms with Crippen LogP contribution in [0.3, 0.4) is 0 Å². The third kappa shape index (κ3) is 4.76. The highest BCUT2D eigenvalue weighted by molar-refractivity contribution is 5.92. The SMILES string of the molecule is C[C@@H](OC(=O)c1ccc(OC(F)F)cc1)C(=O)N[C@H](C)[C@H]1C[C@@H]2CC[C@@H]1C2. The van der Waals surface area contributed by atoms with E-state index >= 15 is 0 Å². The lowest BCUT2D eigenvalue weighted by molar-refractivity contribution is -0.130. The van der Waals surface area contributed by atoms with Crippen LogP contribution in [0, 0.1) is 17.8 Å². The average molecular weight is 381 g/mol. The van der Waals surface area contributed by atoms with E-state index in [1.807, 2.05) is 6.92 Å². The fourth-order valence-corrected chi connectivity index (χ4v) is 4.41. The molecule has 0 unspecified atom stereocenters. The number of hydrogen-bond acceptors (Lipinski definition) is 4. The minimum atomic E-state index is -2.93. The largest absolute Gasteiger partial charge is 0.449 e. The van der Waals surface area contributed by atoms with Crippen molar-refractivity contribution in [2.45, 2.75) is 58.3 Å². The lowest BCUT2D eigenvalue weighted by Gasteiger charge is -2.29. The first kappa shape index (κ1) is 19.6. The molecule has 0 heterocycles. The van der Waals surface area contributed by atoms with E-state index in [0.29, 0.717) is 11.8 Å². The molecule has 0 aliphatic heterocycles. The molecule has 27 heavy (non-hydrogen) atoms. The number of carbonyl (C=O) groups excluding carboxylic acids is 2. The van der Waals surface area contributed by atoms with Gasteiger partial charge in [0, 0.05) is 6.04 Å². The van der Waals surface area contributed by atoms with Crippen molar-refractivity contribution >= 4 is 11.9 Å². The zero-order valence-corrected chi connectivity index (χ0v) is 15.5.